The van der Waals surface area contributed by atoms with Crippen LogP contribution in [-0.2, 0) is 35.4 Å². The van der Waals surface area contributed by atoms with E-state index in [9.17, 15) is 0 Å². The maximum atomic E-state index is 7.56. The van der Waals surface area contributed by atoms with E-state index in [1.807, 2.05) is 0 Å². The molecule has 0 bridgehead atoms. The van der Waals surface area contributed by atoms with E-state index in [0.29, 0.717) is 0 Å². The van der Waals surface area contributed by atoms with Crippen LogP contribution in [0.5, 0.6) is 0 Å². The Morgan fingerprint density at radius 3 is 0.630 bits per heavy atom. The van der Waals surface area contributed by atoms with E-state index in [1.165, 1.54) is 64.2 Å². The van der Waals surface area contributed by atoms with Crippen LogP contribution in [-0.4, -0.2) is 44.0 Å². The molecular weight excluding hydrogens is 477 g/mol. The normalized spacial score (nSPS) is 11.2. The second kappa shape index (κ2) is 22.3. The largest absolute Gasteiger partial charge is 0.325 e. The summed E-state index contributed by atoms with van der Waals surface area (Å²) in [5, 5.41) is 0. The molecular formula is C12H35O9P3S3. The molecule has 0 aromatic heterocycles. The fourth-order valence-corrected chi connectivity index (χ4v) is 1.56. The Morgan fingerprint density at radius 1 is 0.407 bits per heavy atom. The molecule has 9 nitrogen and oxygen atoms in total. The number of hydrogen-bond donors (Lipinski definition) is 9. The van der Waals surface area contributed by atoms with Crippen molar-refractivity contribution in [3.8, 4) is 0 Å². The van der Waals surface area contributed by atoms with E-state index in [-0.39, 0.29) is 0 Å². The molecule has 170 valence electrons. The van der Waals surface area contributed by atoms with Gasteiger partial charge in [-0.3, -0.25) is 0 Å². The van der Waals surface area contributed by atoms with Gasteiger partial charge in [0.2, 0.25) is 0 Å². The summed E-state index contributed by atoms with van der Waals surface area (Å²) in [7, 11) is 0. The minimum absolute atomic E-state index is 1.37. The lowest BCUT2D eigenvalue weighted by molar-refractivity contribution is 0.361. The molecule has 15 heteroatoms. The maximum Gasteiger partial charge on any atom is 0.319 e. The van der Waals surface area contributed by atoms with Crippen molar-refractivity contribution >= 4 is 55.6 Å². The van der Waals surface area contributed by atoms with E-state index < -0.39 is 20.2 Å². The summed E-state index contributed by atoms with van der Waals surface area (Å²) in [5.41, 5.74) is 0. The summed E-state index contributed by atoms with van der Waals surface area (Å²) in [4.78, 5) is 68.0. The Labute approximate surface area is 177 Å². The summed E-state index contributed by atoms with van der Waals surface area (Å²) in [6.07, 6.45) is 14.4. The second-order valence-corrected chi connectivity index (χ2v) is 12.9. The van der Waals surface area contributed by atoms with Crippen LogP contribution in [0, 0.1) is 0 Å². The van der Waals surface area contributed by atoms with Crippen LogP contribution in [0.25, 0.3) is 0 Å². The topological polar surface area (TPSA) is 182 Å². The van der Waals surface area contributed by atoms with E-state index >= 15 is 0 Å². The highest BCUT2D eigenvalue weighted by Gasteiger charge is 1.93. The Hall–Kier alpha value is 1.59. The van der Waals surface area contributed by atoms with Crippen LogP contribution >= 0.6 is 20.2 Å². The van der Waals surface area contributed by atoms with Crippen LogP contribution in [0.2, 0.25) is 0 Å². The molecule has 0 aromatic carbocycles. The zero-order valence-corrected chi connectivity index (χ0v) is 20.8. The number of hydrogen-bond acceptors (Lipinski definition) is 3. The Morgan fingerprint density at radius 2 is 0.519 bits per heavy atom. The first-order chi connectivity index (χ1) is 11.9. The van der Waals surface area contributed by atoms with Crippen LogP contribution in [0.15, 0.2) is 0 Å². The second-order valence-electron chi connectivity index (χ2n) is 5.37. The van der Waals surface area contributed by atoms with Crippen LogP contribution in [0.1, 0.15) is 78.1 Å². The molecule has 0 saturated heterocycles. The molecule has 0 amide bonds. The van der Waals surface area contributed by atoms with Crippen molar-refractivity contribution in [3.63, 3.8) is 0 Å². The molecule has 0 fully saturated rings. The fourth-order valence-electron chi connectivity index (χ4n) is 1.56. The predicted octanol–water partition coefficient (Wildman–Crippen LogP) is 2.49. The first-order valence-corrected chi connectivity index (χ1v) is 16.2. The lowest BCUT2D eigenvalue weighted by Gasteiger charge is -1.99. The van der Waals surface area contributed by atoms with Crippen molar-refractivity contribution in [1.29, 1.82) is 0 Å². The lowest BCUT2D eigenvalue weighted by Crippen LogP contribution is -1.80. The van der Waals surface area contributed by atoms with Gasteiger partial charge in [0.1, 0.15) is 0 Å². The Balaban J connectivity index is -0.000000147. The molecule has 9 N–H and O–H groups in total. The molecule has 0 heterocycles. The van der Waals surface area contributed by atoms with Gasteiger partial charge in [-0.25, -0.2) is 0 Å². The van der Waals surface area contributed by atoms with Gasteiger partial charge in [-0.1, -0.05) is 78.1 Å². The molecule has 0 atom stereocenters. The summed E-state index contributed by atoms with van der Waals surface area (Å²) in [6, 6.07) is 0. The highest BCUT2D eigenvalue weighted by molar-refractivity contribution is 8.06. The van der Waals surface area contributed by atoms with E-state index in [4.69, 9.17) is 44.0 Å². The smallest absolute Gasteiger partial charge is 0.319 e. The zero-order valence-electron chi connectivity index (χ0n) is 15.7. The van der Waals surface area contributed by atoms with Gasteiger partial charge in [-0.2, -0.15) is 0 Å². The third-order valence-corrected chi connectivity index (χ3v) is 2.46. The number of unbranched alkanes of at least 4 members (excludes halogenated alkanes) is 9. The molecule has 0 aliphatic carbocycles. The highest BCUT2D eigenvalue weighted by atomic mass is 32.5. The van der Waals surface area contributed by atoms with Crippen molar-refractivity contribution in [3.05, 3.63) is 0 Å². The Kier molecular flexibility index (Phi) is 29.7. The summed E-state index contributed by atoms with van der Waals surface area (Å²) >= 11 is 10.8. The standard InChI is InChI=1S/C12H26.3H3O3PS/c1-3-5-7-9-11-12-10-8-6-4-2;3*1-4(2,3)5/h3-12H2,1-2H3;3*(H3,1,2,3,5). The Bertz CT molecular complexity index is 355. The van der Waals surface area contributed by atoms with Crippen LogP contribution in [0.4, 0.5) is 0 Å². The average molecular weight is 513 g/mol. The van der Waals surface area contributed by atoms with Crippen LogP contribution < -0.4 is 0 Å². The van der Waals surface area contributed by atoms with Crippen molar-refractivity contribution in [1.82, 2.24) is 0 Å². The molecule has 0 aromatic rings. The first-order valence-electron chi connectivity index (χ1n) is 8.26. The van der Waals surface area contributed by atoms with Gasteiger partial charge in [0, 0.05) is 0 Å². The minimum atomic E-state index is -3.81. The minimum Gasteiger partial charge on any atom is -0.325 e. The highest BCUT2D eigenvalue weighted by Crippen LogP contribution is 2.27. The van der Waals surface area contributed by atoms with Crippen molar-refractivity contribution in [2.45, 2.75) is 78.1 Å². The van der Waals surface area contributed by atoms with E-state index in [0.717, 1.165) is 0 Å². The SMILES string of the molecule is CCCCCCCCCCCC.OP(O)(O)=S.OP(O)(O)=S.OP(O)(O)=S. The number of rotatable bonds is 9. The zero-order chi connectivity index (χ0) is 22.6. The van der Waals surface area contributed by atoms with Gasteiger partial charge in [0.05, 0.1) is 0 Å². The lowest BCUT2D eigenvalue weighted by atomic mass is 10.1. The predicted molar refractivity (Wildman–Crippen MR) is 120 cm³/mol. The average Bonchev–Trinajstić information content (AvgIpc) is 2.36. The molecule has 0 saturated carbocycles. The van der Waals surface area contributed by atoms with Crippen molar-refractivity contribution in [2.75, 3.05) is 0 Å². The quantitative estimate of drug-likeness (QED) is 0.163. The maximum absolute atomic E-state index is 7.56. The molecule has 27 heavy (non-hydrogen) atoms. The molecule has 0 rings (SSSR count). The van der Waals surface area contributed by atoms with Gasteiger partial charge in [0.25, 0.3) is 0 Å². The van der Waals surface area contributed by atoms with Gasteiger partial charge >= 0.3 is 20.2 Å². The summed E-state index contributed by atoms with van der Waals surface area (Å²) in [5.74, 6) is 0. The fraction of sp³-hybridized carbons (Fsp3) is 1.00. The summed E-state index contributed by atoms with van der Waals surface area (Å²) in [6.45, 7) is -6.86. The van der Waals surface area contributed by atoms with Gasteiger partial charge in [-0.05, 0) is 35.4 Å². The van der Waals surface area contributed by atoms with Gasteiger partial charge < -0.3 is 44.0 Å². The molecule has 0 unspecified atom stereocenters. The monoisotopic (exact) mass is 512 g/mol. The van der Waals surface area contributed by atoms with Crippen molar-refractivity contribution < 1.29 is 44.0 Å². The third kappa shape index (κ3) is 161. The van der Waals surface area contributed by atoms with Crippen molar-refractivity contribution in [2.24, 2.45) is 0 Å². The molecule has 0 aliphatic heterocycles. The molecule has 0 radical (unpaired) electrons. The van der Waals surface area contributed by atoms with Gasteiger partial charge in [0.15, 0.2) is 0 Å². The first kappa shape index (κ1) is 36.0. The third-order valence-electron chi connectivity index (χ3n) is 2.46. The van der Waals surface area contributed by atoms with Gasteiger partial charge in [-0.15, -0.1) is 0 Å². The van der Waals surface area contributed by atoms with E-state index in [1.54, 1.807) is 0 Å². The molecule has 0 aliphatic rings. The van der Waals surface area contributed by atoms with Crippen LogP contribution in [0.3, 0.4) is 0 Å². The molecule has 0 spiro atoms. The van der Waals surface area contributed by atoms with E-state index in [2.05, 4.69) is 49.3 Å². The summed E-state index contributed by atoms with van der Waals surface area (Å²) < 4.78 is 0.